The lowest BCUT2D eigenvalue weighted by atomic mass is 9.87. The van der Waals surface area contributed by atoms with E-state index in [4.69, 9.17) is 4.98 Å². The predicted octanol–water partition coefficient (Wildman–Crippen LogP) is 4.89. The molecule has 1 fully saturated rings. The summed E-state index contributed by atoms with van der Waals surface area (Å²) in [7, 11) is 4.05. The normalized spacial score (nSPS) is 16.2. The van der Waals surface area contributed by atoms with Gasteiger partial charge >= 0.3 is 0 Å². The number of para-hydroxylation sites is 1. The molecule has 2 heterocycles. The van der Waals surface area contributed by atoms with Gasteiger partial charge < -0.3 is 9.80 Å². The van der Waals surface area contributed by atoms with Crippen LogP contribution in [0.1, 0.15) is 45.0 Å². The molecule has 0 N–H and O–H groups in total. The minimum Gasteiger partial charge on any atom is -0.339 e. The molecule has 0 spiro atoms. The number of hydrogen-bond acceptors (Lipinski definition) is 3. The molecule has 0 atom stereocenters. The average molecular weight is 431 g/mol. The zero-order valence-corrected chi connectivity index (χ0v) is 19.9. The lowest BCUT2D eigenvalue weighted by Crippen LogP contribution is -2.43. The van der Waals surface area contributed by atoms with Crippen molar-refractivity contribution in [2.75, 3.05) is 27.2 Å². The summed E-state index contributed by atoms with van der Waals surface area (Å²) < 4.78 is 2.13. The van der Waals surface area contributed by atoms with E-state index in [-0.39, 0.29) is 11.3 Å². The second-order valence-corrected chi connectivity index (χ2v) is 9.91. The molecule has 4 rings (SSSR count). The van der Waals surface area contributed by atoms with Crippen LogP contribution < -0.4 is 0 Å². The van der Waals surface area contributed by atoms with Gasteiger partial charge in [-0.3, -0.25) is 9.36 Å². The molecular formula is C27H34N4O. The van der Waals surface area contributed by atoms with Crippen LogP contribution in [0.5, 0.6) is 0 Å². The molecule has 1 aliphatic heterocycles. The van der Waals surface area contributed by atoms with Crippen molar-refractivity contribution in [1.82, 2.24) is 19.4 Å². The first-order chi connectivity index (χ1) is 15.2. The number of imidazole rings is 1. The number of hydrogen-bond donors (Lipinski definition) is 0. The molecule has 1 saturated heterocycles. The molecule has 32 heavy (non-hydrogen) atoms. The van der Waals surface area contributed by atoms with Crippen LogP contribution in [-0.4, -0.2) is 58.5 Å². The quantitative estimate of drug-likeness (QED) is 0.554. The van der Waals surface area contributed by atoms with Crippen molar-refractivity contribution in [3.05, 3.63) is 66.0 Å². The Morgan fingerprint density at radius 1 is 1.09 bits per heavy atom. The highest BCUT2D eigenvalue weighted by molar-refractivity contribution is 5.92. The smallest absolute Gasteiger partial charge is 0.246 e. The van der Waals surface area contributed by atoms with Gasteiger partial charge in [-0.15, -0.1) is 0 Å². The number of nitrogens with zero attached hydrogens (tertiary/aromatic N) is 4. The third-order valence-electron chi connectivity index (χ3n) is 6.52. The maximum Gasteiger partial charge on any atom is 0.246 e. The fraction of sp³-hybridized carbons (Fsp3) is 0.407. The van der Waals surface area contributed by atoms with Crippen LogP contribution in [0.25, 0.3) is 22.8 Å². The molecule has 1 aliphatic rings. The van der Waals surface area contributed by atoms with E-state index < -0.39 is 0 Å². The summed E-state index contributed by atoms with van der Waals surface area (Å²) >= 11 is 0. The Morgan fingerprint density at radius 3 is 2.44 bits per heavy atom. The van der Waals surface area contributed by atoms with Gasteiger partial charge in [0.25, 0.3) is 0 Å². The molecule has 3 aromatic rings. The Bertz CT molecular complexity index is 1120. The number of amides is 1. The standard InChI is InChI=1S/C27H34N4O/c1-27(2,3)20-11-12-24-23(19-20)28-25(31(24)22-9-7-6-8-10-22)13-14-26(32)30(5)21-15-17-29(4)18-16-21/h6-14,19,21H,15-18H2,1-5H3. The summed E-state index contributed by atoms with van der Waals surface area (Å²) in [5.74, 6) is 0.795. The molecule has 5 heteroatoms. The van der Waals surface area contributed by atoms with Crippen LogP contribution in [0.3, 0.4) is 0 Å². The predicted molar refractivity (Wildman–Crippen MR) is 132 cm³/mol. The van der Waals surface area contributed by atoms with Crippen molar-refractivity contribution in [3.63, 3.8) is 0 Å². The Hall–Kier alpha value is -2.92. The summed E-state index contributed by atoms with van der Waals surface area (Å²) in [5, 5.41) is 0. The molecule has 1 aromatic heterocycles. The van der Waals surface area contributed by atoms with Gasteiger partial charge in [-0.05, 0) is 74.3 Å². The SMILES string of the molecule is CN1CCC(N(C)C(=O)C=Cc2nc3cc(C(C)(C)C)ccc3n2-c2ccccc2)CC1. The number of piperidine rings is 1. The molecule has 1 amide bonds. The monoisotopic (exact) mass is 430 g/mol. The first kappa shape index (κ1) is 22.3. The maximum absolute atomic E-state index is 12.9. The molecule has 5 nitrogen and oxygen atoms in total. The highest BCUT2D eigenvalue weighted by atomic mass is 16.2. The highest BCUT2D eigenvalue weighted by Gasteiger charge is 2.23. The molecule has 0 aliphatic carbocycles. The third kappa shape index (κ3) is 4.63. The van der Waals surface area contributed by atoms with Crippen molar-refractivity contribution in [1.29, 1.82) is 0 Å². The van der Waals surface area contributed by atoms with Crippen molar-refractivity contribution >= 4 is 23.0 Å². The molecule has 2 aromatic carbocycles. The second kappa shape index (κ2) is 8.91. The molecular weight excluding hydrogens is 396 g/mol. The van der Waals surface area contributed by atoms with Crippen LogP contribution in [0, 0.1) is 0 Å². The summed E-state index contributed by atoms with van der Waals surface area (Å²) in [6, 6.07) is 17.0. The first-order valence-corrected chi connectivity index (χ1v) is 11.5. The number of carbonyl (C=O) groups is 1. The summed E-state index contributed by atoms with van der Waals surface area (Å²) in [4.78, 5) is 22.1. The number of aromatic nitrogens is 2. The van der Waals surface area contributed by atoms with Gasteiger partial charge in [0, 0.05) is 24.9 Å². The summed E-state index contributed by atoms with van der Waals surface area (Å²) in [6.45, 7) is 8.69. The van der Waals surface area contributed by atoms with E-state index in [1.807, 2.05) is 36.2 Å². The van der Waals surface area contributed by atoms with Crippen LogP contribution in [0.4, 0.5) is 0 Å². The van der Waals surface area contributed by atoms with Gasteiger partial charge in [0.15, 0.2) is 0 Å². The first-order valence-electron chi connectivity index (χ1n) is 11.5. The van der Waals surface area contributed by atoms with Crippen molar-refractivity contribution < 1.29 is 4.79 Å². The average Bonchev–Trinajstić information content (AvgIpc) is 3.15. The van der Waals surface area contributed by atoms with E-state index in [0.29, 0.717) is 6.04 Å². The van der Waals surface area contributed by atoms with Gasteiger partial charge in [0.1, 0.15) is 5.82 Å². The lowest BCUT2D eigenvalue weighted by molar-refractivity contribution is -0.127. The number of rotatable bonds is 4. The van der Waals surface area contributed by atoms with E-state index in [1.165, 1.54) is 5.56 Å². The third-order valence-corrected chi connectivity index (χ3v) is 6.52. The van der Waals surface area contributed by atoms with Gasteiger partial charge in [0.2, 0.25) is 5.91 Å². The Morgan fingerprint density at radius 2 is 1.78 bits per heavy atom. The number of carbonyl (C=O) groups excluding carboxylic acids is 1. The second-order valence-electron chi connectivity index (χ2n) is 9.91. The topological polar surface area (TPSA) is 41.4 Å². The van der Waals surface area contributed by atoms with E-state index in [2.05, 4.69) is 67.6 Å². The number of benzene rings is 2. The van der Waals surface area contributed by atoms with Crippen molar-refractivity contribution in [2.45, 2.75) is 45.1 Å². The minimum absolute atomic E-state index is 0.0293. The summed E-state index contributed by atoms with van der Waals surface area (Å²) in [6.07, 6.45) is 5.57. The highest BCUT2D eigenvalue weighted by Crippen LogP contribution is 2.28. The zero-order chi connectivity index (χ0) is 22.9. The Balaban J connectivity index is 1.68. The number of fused-ring (bicyclic) bond motifs is 1. The molecule has 168 valence electrons. The Kier molecular flexibility index (Phi) is 6.20. The number of likely N-dealkylation sites (N-methyl/N-ethyl adjacent to an activating group) is 1. The van der Waals surface area contributed by atoms with Crippen LogP contribution in [-0.2, 0) is 10.2 Å². The van der Waals surface area contributed by atoms with Crippen LogP contribution >= 0.6 is 0 Å². The largest absolute Gasteiger partial charge is 0.339 e. The fourth-order valence-corrected chi connectivity index (χ4v) is 4.35. The van der Waals surface area contributed by atoms with Crippen LogP contribution in [0.2, 0.25) is 0 Å². The van der Waals surface area contributed by atoms with Crippen LogP contribution in [0.15, 0.2) is 54.6 Å². The maximum atomic E-state index is 12.9. The lowest BCUT2D eigenvalue weighted by Gasteiger charge is -2.34. The van der Waals surface area contributed by atoms with E-state index >= 15 is 0 Å². The van der Waals surface area contributed by atoms with Crippen molar-refractivity contribution in [3.8, 4) is 5.69 Å². The van der Waals surface area contributed by atoms with Gasteiger partial charge in [0.05, 0.1) is 11.0 Å². The van der Waals surface area contributed by atoms with Gasteiger partial charge in [-0.2, -0.15) is 0 Å². The minimum atomic E-state index is 0.0293. The zero-order valence-electron chi connectivity index (χ0n) is 19.9. The van der Waals surface area contributed by atoms with E-state index in [9.17, 15) is 4.79 Å². The molecule has 0 radical (unpaired) electrons. The molecule has 0 unspecified atom stereocenters. The number of likely N-dealkylation sites (tertiary alicyclic amines) is 1. The molecule has 0 saturated carbocycles. The van der Waals surface area contributed by atoms with Gasteiger partial charge in [-0.1, -0.05) is 45.0 Å². The van der Waals surface area contributed by atoms with E-state index in [0.717, 1.165) is 48.5 Å². The molecule has 0 bridgehead atoms. The van der Waals surface area contributed by atoms with Gasteiger partial charge in [-0.25, -0.2) is 4.98 Å². The fourth-order valence-electron chi connectivity index (χ4n) is 4.35. The summed E-state index contributed by atoms with van der Waals surface area (Å²) in [5.41, 5.74) is 4.32. The van der Waals surface area contributed by atoms with Crippen molar-refractivity contribution in [2.24, 2.45) is 0 Å². The van der Waals surface area contributed by atoms with E-state index in [1.54, 1.807) is 6.08 Å². The Labute approximate surface area is 191 Å².